The third-order valence-corrected chi connectivity index (χ3v) is 8.57. The largest absolute Gasteiger partial charge is 0.307 e. The number of aromatic amines is 1. The number of rotatable bonds is 1. The van der Waals surface area contributed by atoms with Crippen LogP contribution in [0.15, 0.2) is 34.1 Å². The summed E-state index contributed by atoms with van der Waals surface area (Å²) in [5.74, 6) is 2.72. The van der Waals surface area contributed by atoms with Gasteiger partial charge < -0.3 is 4.98 Å². The maximum atomic E-state index is 11.9. The predicted octanol–water partition coefficient (Wildman–Crippen LogP) is 4.74. The quantitative estimate of drug-likeness (QED) is 0.806. The summed E-state index contributed by atoms with van der Waals surface area (Å²) < 4.78 is 0. The molecule has 5 rings (SSSR count). The Bertz CT molecular complexity index is 781. The van der Waals surface area contributed by atoms with Crippen molar-refractivity contribution < 1.29 is 0 Å². The second-order valence-corrected chi connectivity index (χ2v) is 9.37. The van der Waals surface area contributed by atoms with Gasteiger partial charge in [-0.05, 0) is 54.7 Å². The lowest BCUT2D eigenvalue weighted by Gasteiger charge is -2.40. The topological polar surface area (TPSA) is 32.9 Å². The second kappa shape index (κ2) is 4.89. The van der Waals surface area contributed by atoms with Crippen LogP contribution in [-0.2, 0) is 0 Å². The summed E-state index contributed by atoms with van der Waals surface area (Å²) in [4.78, 5) is 16.3. The molecule has 1 aliphatic heterocycles. The van der Waals surface area contributed by atoms with E-state index in [0.29, 0.717) is 17.1 Å². The summed E-state index contributed by atoms with van der Waals surface area (Å²) in [6.07, 6.45) is 4.12. The van der Waals surface area contributed by atoms with E-state index in [1.54, 1.807) is 0 Å². The molecule has 2 aromatic rings. The van der Waals surface area contributed by atoms with Crippen LogP contribution in [0.1, 0.15) is 35.6 Å². The molecule has 5 atom stereocenters. The molecule has 22 heavy (non-hydrogen) atoms. The Balaban J connectivity index is 1.68. The number of hydrogen-bond acceptors (Lipinski definition) is 3. The highest BCUT2D eigenvalue weighted by Gasteiger charge is 2.54. The Morgan fingerprint density at radius 2 is 1.91 bits per heavy atom. The first-order valence-corrected chi connectivity index (χ1v) is 9.93. The van der Waals surface area contributed by atoms with Gasteiger partial charge in [0.05, 0.1) is 5.03 Å². The molecular formula is C17H16ClNOS2. The first kappa shape index (κ1) is 13.7. The van der Waals surface area contributed by atoms with Gasteiger partial charge in [-0.25, -0.2) is 0 Å². The minimum Gasteiger partial charge on any atom is -0.307 e. The monoisotopic (exact) mass is 349 g/mol. The van der Waals surface area contributed by atoms with Crippen LogP contribution in [0, 0.1) is 17.8 Å². The van der Waals surface area contributed by atoms with Crippen molar-refractivity contribution in [1.29, 1.82) is 0 Å². The highest BCUT2D eigenvalue weighted by molar-refractivity contribution is 8.00. The Kier molecular flexibility index (Phi) is 3.05. The van der Waals surface area contributed by atoms with E-state index in [0.717, 1.165) is 21.9 Å². The number of aromatic nitrogens is 1. The SMILES string of the molecule is O=c1[nH]c2c(s1)[C@H](c1ccc(Cl)cc1)[C@@H]1[C@@H]3CC[C@H](C3)[C@@H]1S2. The van der Waals surface area contributed by atoms with Gasteiger partial charge in [0.1, 0.15) is 0 Å². The average molecular weight is 350 g/mol. The van der Waals surface area contributed by atoms with E-state index in [1.807, 2.05) is 23.9 Å². The molecule has 2 fully saturated rings. The fourth-order valence-electron chi connectivity index (χ4n) is 4.89. The number of thiazole rings is 1. The number of fused-ring (bicyclic) bond motifs is 6. The maximum Gasteiger partial charge on any atom is 0.305 e. The molecule has 0 unspecified atom stereocenters. The zero-order chi connectivity index (χ0) is 14.8. The van der Waals surface area contributed by atoms with Crippen molar-refractivity contribution >= 4 is 34.7 Å². The molecule has 1 aromatic heterocycles. The summed E-state index contributed by atoms with van der Waals surface area (Å²) in [6.45, 7) is 0. The standard InChI is InChI=1S/C17H16ClNOS2/c18-11-5-3-8(4-6-11)12-13-9-1-2-10(7-9)14(13)21-16-15(12)22-17(20)19-16/h3-6,9-10,12-14H,1-2,7H2,(H,19,20)/t9-,10-,12-,13+,14+/m1/s1. The van der Waals surface area contributed by atoms with Crippen LogP contribution in [0.5, 0.6) is 0 Å². The number of halogens is 1. The van der Waals surface area contributed by atoms with Crippen molar-refractivity contribution in [2.24, 2.45) is 17.8 Å². The fourth-order valence-corrected chi connectivity index (χ4v) is 7.91. The predicted molar refractivity (Wildman–Crippen MR) is 92.2 cm³/mol. The number of H-pyrrole nitrogens is 1. The lowest BCUT2D eigenvalue weighted by Crippen LogP contribution is -2.33. The smallest absolute Gasteiger partial charge is 0.305 e. The average Bonchev–Trinajstić information content (AvgIpc) is 3.19. The maximum absolute atomic E-state index is 11.9. The summed E-state index contributed by atoms with van der Waals surface area (Å²) in [6, 6.07) is 8.27. The Morgan fingerprint density at radius 3 is 2.73 bits per heavy atom. The van der Waals surface area contributed by atoms with Crippen LogP contribution < -0.4 is 4.87 Å². The lowest BCUT2D eigenvalue weighted by molar-refractivity contribution is 0.307. The van der Waals surface area contributed by atoms with Crippen molar-refractivity contribution in [3.8, 4) is 0 Å². The van der Waals surface area contributed by atoms with Gasteiger partial charge >= 0.3 is 4.87 Å². The number of hydrogen-bond donors (Lipinski definition) is 1. The van der Waals surface area contributed by atoms with Crippen molar-refractivity contribution in [3.05, 3.63) is 49.4 Å². The molecule has 2 saturated carbocycles. The van der Waals surface area contributed by atoms with Gasteiger partial charge in [0, 0.05) is 21.1 Å². The lowest BCUT2D eigenvalue weighted by atomic mass is 9.75. The molecule has 0 spiro atoms. The minimum atomic E-state index is 0.0868. The van der Waals surface area contributed by atoms with E-state index in [2.05, 4.69) is 17.1 Å². The molecule has 1 aromatic carbocycles. The summed E-state index contributed by atoms with van der Waals surface area (Å²) in [5.41, 5.74) is 1.32. The third-order valence-electron chi connectivity index (χ3n) is 5.69. The van der Waals surface area contributed by atoms with Crippen molar-refractivity contribution in [2.75, 3.05) is 0 Å². The fraction of sp³-hybridized carbons (Fsp3) is 0.471. The van der Waals surface area contributed by atoms with Gasteiger partial charge in [0.15, 0.2) is 0 Å². The van der Waals surface area contributed by atoms with Crippen LogP contribution in [0.25, 0.3) is 0 Å². The summed E-state index contributed by atoms with van der Waals surface area (Å²) in [5, 5.41) is 2.59. The molecule has 2 aliphatic carbocycles. The van der Waals surface area contributed by atoms with Gasteiger partial charge in [0.25, 0.3) is 0 Å². The van der Waals surface area contributed by atoms with Crippen LogP contribution in [-0.4, -0.2) is 10.2 Å². The Hall–Kier alpha value is -0.710. The van der Waals surface area contributed by atoms with E-state index >= 15 is 0 Å². The van der Waals surface area contributed by atoms with Crippen molar-refractivity contribution in [3.63, 3.8) is 0 Å². The van der Waals surface area contributed by atoms with Gasteiger partial charge in [-0.3, -0.25) is 4.79 Å². The summed E-state index contributed by atoms with van der Waals surface area (Å²) >= 11 is 9.42. The zero-order valence-electron chi connectivity index (χ0n) is 11.9. The zero-order valence-corrected chi connectivity index (χ0v) is 14.3. The molecule has 1 N–H and O–H groups in total. The molecule has 0 amide bonds. The highest BCUT2D eigenvalue weighted by Crippen LogP contribution is 2.63. The van der Waals surface area contributed by atoms with Crippen LogP contribution >= 0.6 is 34.7 Å². The van der Waals surface area contributed by atoms with Crippen LogP contribution in [0.3, 0.4) is 0 Å². The molecule has 0 saturated heterocycles. The minimum absolute atomic E-state index is 0.0868. The third kappa shape index (κ3) is 1.90. The van der Waals surface area contributed by atoms with Gasteiger partial charge in [-0.15, -0.1) is 11.8 Å². The molecular weight excluding hydrogens is 334 g/mol. The van der Waals surface area contributed by atoms with E-state index in [4.69, 9.17) is 11.6 Å². The molecule has 5 heteroatoms. The van der Waals surface area contributed by atoms with Gasteiger partial charge in [-0.2, -0.15) is 0 Å². The molecule has 3 aliphatic rings. The number of benzene rings is 1. The Morgan fingerprint density at radius 1 is 1.14 bits per heavy atom. The van der Waals surface area contributed by atoms with Crippen molar-refractivity contribution in [2.45, 2.75) is 35.5 Å². The first-order valence-electron chi connectivity index (χ1n) is 7.86. The molecule has 0 radical (unpaired) electrons. The summed E-state index contributed by atoms with van der Waals surface area (Å²) in [7, 11) is 0. The van der Waals surface area contributed by atoms with Crippen molar-refractivity contribution in [1.82, 2.24) is 4.98 Å². The second-order valence-electron chi connectivity index (χ2n) is 6.73. The number of nitrogens with one attached hydrogen (secondary N) is 1. The Labute approximate surface area is 142 Å². The van der Waals surface area contributed by atoms with E-state index in [1.165, 1.54) is 41.0 Å². The molecule has 2 bridgehead atoms. The van der Waals surface area contributed by atoms with Gasteiger partial charge in [0.2, 0.25) is 0 Å². The van der Waals surface area contributed by atoms with E-state index in [9.17, 15) is 4.79 Å². The first-order chi connectivity index (χ1) is 10.7. The van der Waals surface area contributed by atoms with E-state index in [-0.39, 0.29) is 4.87 Å². The number of thioether (sulfide) groups is 1. The molecule has 2 heterocycles. The molecule has 114 valence electrons. The molecule has 2 nitrogen and oxygen atoms in total. The van der Waals surface area contributed by atoms with Crippen LogP contribution in [0.4, 0.5) is 0 Å². The highest BCUT2D eigenvalue weighted by atomic mass is 35.5. The van der Waals surface area contributed by atoms with Gasteiger partial charge in [-0.1, -0.05) is 35.1 Å². The van der Waals surface area contributed by atoms with E-state index < -0.39 is 0 Å². The van der Waals surface area contributed by atoms with Crippen LogP contribution in [0.2, 0.25) is 5.02 Å². The normalized spacial score (nSPS) is 35.4.